The summed E-state index contributed by atoms with van der Waals surface area (Å²) in [4.78, 5) is 118. The Morgan fingerprint density at radius 3 is 2.22 bits per heavy atom. The maximum Gasteiger partial charge on any atom is 0.338 e. The van der Waals surface area contributed by atoms with Crippen LogP contribution in [0.1, 0.15) is 109 Å². The van der Waals surface area contributed by atoms with Crippen LogP contribution in [0.5, 0.6) is 0 Å². The van der Waals surface area contributed by atoms with Crippen LogP contribution in [0.2, 0.25) is 5.02 Å². The number of carbonyl (C=O) groups excluding carboxylic acids is 9. The Hall–Kier alpha value is -6.63. The molecule has 22 nitrogen and oxygen atoms in total. The van der Waals surface area contributed by atoms with Crippen LogP contribution >= 0.6 is 11.6 Å². The summed E-state index contributed by atoms with van der Waals surface area (Å²) >= 11 is 5.75. The molecule has 24 heteroatoms. The number of ketones is 1. The molecule has 11 N–H and O–H groups in total. The molecule has 2 aromatic rings. The van der Waals surface area contributed by atoms with Crippen molar-refractivity contribution in [1.82, 2.24) is 21.3 Å². The second kappa shape index (κ2) is 25.2. The van der Waals surface area contributed by atoms with E-state index >= 15 is 4.79 Å². The van der Waals surface area contributed by atoms with Gasteiger partial charge in [-0.25, -0.2) is 9.18 Å². The molecule has 3 aliphatic carbocycles. The highest BCUT2D eigenvalue weighted by Gasteiger charge is 2.78. The van der Waals surface area contributed by atoms with Crippen molar-refractivity contribution in [2.45, 2.75) is 153 Å². The minimum absolute atomic E-state index is 0.0577. The quantitative estimate of drug-likeness (QED) is 0.0330. The lowest BCUT2D eigenvalue weighted by atomic mass is 9.44. The molecule has 2 bridgehead atoms. The number of ether oxygens (including phenoxy) is 4. The summed E-state index contributed by atoms with van der Waals surface area (Å²) in [7, 11) is 0. The van der Waals surface area contributed by atoms with Gasteiger partial charge in [0.2, 0.25) is 35.4 Å². The van der Waals surface area contributed by atoms with Crippen molar-refractivity contribution in [3.63, 3.8) is 0 Å². The molecular formula is C55H70ClFN6O16. The van der Waals surface area contributed by atoms with Gasteiger partial charge in [-0.3, -0.25) is 38.4 Å². The number of Topliss-reactive ketones (excluding diaryl/α,β-unsaturated/α-hetero) is 1. The zero-order valence-electron chi connectivity index (χ0n) is 44.8. The number of aliphatic hydroxyl groups is 3. The molecule has 0 unspecified atom stereocenters. The molecule has 79 heavy (non-hydrogen) atoms. The van der Waals surface area contributed by atoms with E-state index in [1.807, 2.05) is 0 Å². The average molecular weight is 1130 g/mol. The van der Waals surface area contributed by atoms with Gasteiger partial charge in [0, 0.05) is 54.8 Å². The Bertz CT molecular complexity index is 2760. The standard InChI is InChI=1S/C55H70ClFN6O16/c1-28-37(65)26-55(75)47(78-51(74)32-12-8-7-9-13-32)45-53(6,38(66)25-39-54(45,27-77-39)79-30(3)64)46(70)44(43(28)52(55,4)5)76-23-21-40(67)60-22-11-10-14-35(48(58)71)62-42(69)20-18-36(49(59)72)63-50(73)29(2)61-41(68)19-16-31-15-17-33(56)24-34(31)57/h7-9,12-13,15-17,19,24,29,35-39,44-45,47,65-66,75H,10-11,14,18,20-23,25-27H2,1-6H3,(H2,58,71)(H2,59,72)(H,60,67)(H,61,68)(H,62,69)(H,63,73)/b19-16+/t29-,35-,36+,37-,38-,39+,44+,45-,47-,53+,54-,55+/m0/s1. The number of nitrogens with two attached hydrogens (primary N) is 2. The molecule has 4 aliphatic rings. The summed E-state index contributed by atoms with van der Waals surface area (Å²) in [6.07, 6.45) is -5.86. The number of benzene rings is 2. The van der Waals surface area contributed by atoms with Gasteiger partial charge in [0.05, 0.1) is 48.7 Å². The molecule has 0 spiro atoms. The van der Waals surface area contributed by atoms with Crippen molar-refractivity contribution in [1.29, 1.82) is 0 Å². The van der Waals surface area contributed by atoms with E-state index in [9.17, 15) is 58.1 Å². The maximum atomic E-state index is 15.5. The van der Waals surface area contributed by atoms with Crippen LogP contribution in [0.25, 0.3) is 6.08 Å². The minimum Gasteiger partial charge on any atom is -0.455 e. The number of nitrogens with one attached hydrogen (secondary N) is 4. The fourth-order valence-electron chi connectivity index (χ4n) is 11.4. The first-order chi connectivity index (χ1) is 37.1. The fraction of sp³-hybridized carbons (Fsp3) is 0.545. The number of hydrogen-bond donors (Lipinski definition) is 9. The normalized spacial score (nSPS) is 28.0. The number of fused-ring (bicyclic) bond motifs is 5. The van der Waals surface area contributed by atoms with Gasteiger partial charge in [0.1, 0.15) is 47.9 Å². The molecule has 430 valence electrons. The third kappa shape index (κ3) is 13.2. The van der Waals surface area contributed by atoms with E-state index in [0.29, 0.717) is 6.42 Å². The summed E-state index contributed by atoms with van der Waals surface area (Å²) in [6, 6.07) is 8.09. The van der Waals surface area contributed by atoms with Gasteiger partial charge in [-0.2, -0.15) is 0 Å². The number of amides is 6. The predicted molar refractivity (Wildman–Crippen MR) is 280 cm³/mol. The van der Waals surface area contributed by atoms with Crippen molar-refractivity contribution in [2.75, 3.05) is 19.8 Å². The van der Waals surface area contributed by atoms with Crippen molar-refractivity contribution in [2.24, 2.45) is 28.2 Å². The number of hydrogen-bond acceptors (Lipinski definition) is 16. The first-order valence-electron chi connectivity index (χ1n) is 26.0. The van der Waals surface area contributed by atoms with Gasteiger partial charge in [-0.15, -0.1) is 0 Å². The van der Waals surface area contributed by atoms with E-state index in [0.717, 1.165) is 19.1 Å². The molecule has 1 aliphatic heterocycles. The molecule has 1 saturated heterocycles. The first-order valence-corrected chi connectivity index (χ1v) is 26.4. The summed E-state index contributed by atoms with van der Waals surface area (Å²) in [5.41, 5.74) is 4.26. The van der Waals surface area contributed by atoms with Gasteiger partial charge in [0.25, 0.3) is 0 Å². The van der Waals surface area contributed by atoms with Crippen LogP contribution in [0, 0.1) is 22.6 Å². The molecule has 2 aromatic carbocycles. The van der Waals surface area contributed by atoms with E-state index in [1.54, 1.807) is 39.0 Å². The molecule has 0 radical (unpaired) electrons. The van der Waals surface area contributed by atoms with Crippen LogP contribution in [0.15, 0.2) is 65.8 Å². The minimum atomic E-state index is -2.21. The molecule has 1 heterocycles. The second-order valence-corrected chi connectivity index (χ2v) is 21.8. The Labute approximate surface area is 460 Å². The molecule has 3 fully saturated rings. The third-order valence-corrected chi connectivity index (χ3v) is 16.1. The average Bonchev–Trinajstić information content (AvgIpc) is 3.13. The van der Waals surface area contributed by atoms with Crippen molar-refractivity contribution in [3.8, 4) is 0 Å². The third-order valence-electron chi connectivity index (χ3n) is 15.9. The summed E-state index contributed by atoms with van der Waals surface area (Å²) < 4.78 is 38.6. The molecule has 12 atom stereocenters. The Kier molecular flexibility index (Phi) is 19.7. The predicted octanol–water partition coefficient (Wildman–Crippen LogP) is 1.51. The number of esters is 2. The highest BCUT2D eigenvalue weighted by molar-refractivity contribution is 6.30. The fourth-order valence-corrected chi connectivity index (χ4v) is 11.5. The Morgan fingerprint density at radius 1 is 0.924 bits per heavy atom. The van der Waals surface area contributed by atoms with Crippen molar-refractivity contribution < 1.29 is 81.8 Å². The molecule has 6 rings (SSSR count). The second-order valence-electron chi connectivity index (χ2n) is 21.4. The summed E-state index contributed by atoms with van der Waals surface area (Å²) in [6.45, 7) is 8.22. The lowest BCUT2D eigenvalue weighted by Crippen LogP contribution is -2.81. The smallest absolute Gasteiger partial charge is 0.338 e. The van der Waals surface area contributed by atoms with Gasteiger partial charge < -0.3 is 67.0 Å². The van der Waals surface area contributed by atoms with Crippen LogP contribution in [0.3, 0.4) is 0 Å². The van der Waals surface area contributed by atoms with Gasteiger partial charge in [0.15, 0.2) is 11.4 Å². The highest BCUT2D eigenvalue weighted by atomic mass is 35.5. The van der Waals surface area contributed by atoms with E-state index in [2.05, 4.69) is 21.3 Å². The number of halogens is 2. The van der Waals surface area contributed by atoms with Crippen molar-refractivity contribution in [3.05, 3.63) is 87.7 Å². The molecule has 0 aromatic heterocycles. The van der Waals surface area contributed by atoms with Gasteiger partial charge in [-0.1, -0.05) is 49.7 Å². The number of primary amides is 2. The van der Waals surface area contributed by atoms with Crippen LogP contribution in [-0.2, 0) is 57.3 Å². The number of carbonyl (C=O) groups is 9. The lowest BCUT2D eigenvalue weighted by molar-refractivity contribution is -0.346. The molecule has 6 amide bonds. The van der Waals surface area contributed by atoms with Gasteiger partial charge >= 0.3 is 11.9 Å². The highest BCUT2D eigenvalue weighted by Crippen LogP contribution is 2.64. The Morgan fingerprint density at radius 2 is 1.59 bits per heavy atom. The molecular weight excluding hydrogens is 1060 g/mol. The van der Waals surface area contributed by atoms with Crippen LogP contribution in [-0.4, -0.2) is 148 Å². The first kappa shape index (κ1) is 61.6. The number of aliphatic hydroxyl groups excluding tert-OH is 2. The largest absolute Gasteiger partial charge is 0.455 e. The zero-order chi connectivity index (χ0) is 58.4. The Balaban J connectivity index is 1.04. The van der Waals surface area contributed by atoms with E-state index < -0.39 is 142 Å². The van der Waals surface area contributed by atoms with Crippen molar-refractivity contribution >= 4 is 70.8 Å². The monoisotopic (exact) mass is 1120 g/mol. The van der Waals surface area contributed by atoms with E-state index in [-0.39, 0.29) is 85.6 Å². The SMILES string of the molecule is CC(=O)O[C@@]12CO[C@@H]1C[C@H](O)[C@@]1(C)C(=O)[C@H](OCCC(=O)NCCCC[C@H](NC(=O)CC[C@@H](NC(=O)[C@H](C)NC(=O)/C=C/c3ccc(Cl)cc3F)C(N)=O)C(N)=O)C3=C(C)[C@@H](O)C[C@@](O)([C@@H](OC(=O)c4ccccc4)[C@H]21)C3(C)C. The lowest BCUT2D eigenvalue weighted by Gasteiger charge is -2.67. The molecule has 2 saturated carbocycles. The van der Waals surface area contributed by atoms with Gasteiger partial charge in [-0.05, 0) is 87.9 Å². The van der Waals surface area contributed by atoms with E-state index in [1.165, 1.54) is 44.2 Å². The topological polar surface area (TPSA) is 351 Å². The van der Waals surface area contributed by atoms with E-state index in [4.69, 9.17) is 42.0 Å². The maximum absolute atomic E-state index is 15.5. The number of rotatable bonds is 23. The van der Waals surface area contributed by atoms with Crippen LogP contribution < -0.4 is 32.7 Å². The number of unbranched alkanes of at least 4 members (excludes halogenated alkanes) is 1. The summed E-state index contributed by atoms with van der Waals surface area (Å²) in [5.74, 6) is -9.09. The summed E-state index contributed by atoms with van der Waals surface area (Å²) in [5, 5.41) is 47.2. The van der Waals surface area contributed by atoms with Crippen LogP contribution in [0.4, 0.5) is 4.39 Å². The zero-order valence-corrected chi connectivity index (χ0v) is 45.6.